The second kappa shape index (κ2) is 8.26. The second-order valence-electron chi connectivity index (χ2n) is 7.15. The number of alkyl halides is 3. The molecule has 0 radical (unpaired) electrons. The van der Waals surface area contributed by atoms with Crippen LogP contribution in [0.3, 0.4) is 0 Å². The van der Waals surface area contributed by atoms with E-state index >= 15 is 0 Å². The molecule has 0 N–H and O–H groups in total. The number of hydrogen-bond acceptors (Lipinski definition) is 4. The van der Waals surface area contributed by atoms with Gasteiger partial charge in [0.05, 0.1) is 0 Å². The average molecular weight is 392 g/mol. The molecule has 1 aliphatic rings. The molecular formula is C20H23F3N4O. The van der Waals surface area contributed by atoms with Gasteiger partial charge in [0, 0.05) is 55.7 Å². The van der Waals surface area contributed by atoms with E-state index in [-0.39, 0.29) is 5.91 Å². The summed E-state index contributed by atoms with van der Waals surface area (Å²) in [5.41, 5.74) is 1.69. The Hall–Kier alpha value is -2.48. The standard InChI is InChI=1S/C20H23F3N4O/c1-14(2)26-8-3-9-27(11-10-26)18(28)16-6-4-15(5-7-16)17-12-24-19(25-13-17)20(21,22)23/h4-7,12-14H,3,8-11H2,1-2H3. The molecule has 1 saturated heterocycles. The number of aromatic nitrogens is 2. The van der Waals surface area contributed by atoms with Gasteiger partial charge in [-0.25, -0.2) is 9.97 Å². The predicted octanol–water partition coefficient (Wildman–Crippen LogP) is 3.72. The number of hydrogen-bond donors (Lipinski definition) is 0. The average Bonchev–Trinajstić information content (AvgIpc) is 2.93. The number of amides is 1. The van der Waals surface area contributed by atoms with Crippen molar-refractivity contribution in [2.75, 3.05) is 26.2 Å². The Morgan fingerprint density at radius 2 is 1.61 bits per heavy atom. The van der Waals surface area contributed by atoms with Crippen molar-refractivity contribution < 1.29 is 18.0 Å². The summed E-state index contributed by atoms with van der Waals surface area (Å²) in [6.07, 6.45) is -1.35. The van der Waals surface area contributed by atoms with Crippen molar-refractivity contribution in [1.82, 2.24) is 19.8 Å². The molecular weight excluding hydrogens is 369 g/mol. The SMILES string of the molecule is CC(C)N1CCCN(C(=O)c2ccc(-c3cnc(C(F)(F)F)nc3)cc2)CC1. The maximum absolute atomic E-state index is 12.8. The first-order chi connectivity index (χ1) is 13.3. The van der Waals surface area contributed by atoms with Gasteiger partial charge in [-0.15, -0.1) is 0 Å². The highest BCUT2D eigenvalue weighted by Crippen LogP contribution is 2.27. The van der Waals surface area contributed by atoms with Gasteiger partial charge in [0.1, 0.15) is 0 Å². The van der Waals surface area contributed by atoms with Crippen LogP contribution < -0.4 is 0 Å². The maximum Gasteiger partial charge on any atom is 0.451 e. The summed E-state index contributed by atoms with van der Waals surface area (Å²) in [5.74, 6) is -1.19. The van der Waals surface area contributed by atoms with Crippen LogP contribution in [0.2, 0.25) is 0 Å². The molecule has 2 aromatic rings. The number of rotatable bonds is 3. The molecule has 2 heterocycles. The fraction of sp³-hybridized carbons (Fsp3) is 0.450. The highest BCUT2D eigenvalue weighted by atomic mass is 19.4. The van der Waals surface area contributed by atoms with Gasteiger partial charge in [-0.1, -0.05) is 12.1 Å². The van der Waals surface area contributed by atoms with Gasteiger partial charge in [-0.2, -0.15) is 13.2 Å². The molecule has 0 saturated carbocycles. The summed E-state index contributed by atoms with van der Waals surface area (Å²) in [7, 11) is 0. The van der Waals surface area contributed by atoms with E-state index < -0.39 is 12.0 Å². The molecule has 0 atom stereocenters. The first kappa shape index (κ1) is 20.3. The van der Waals surface area contributed by atoms with Gasteiger partial charge >= 0.3 is 6.18 Å². The van der Waals surface area contributed by atoms with Crippen molar-refractivity contribution in [3.8, 4) is 11.1 Å². The van der Waals surface area contributed by atoms with Gasteiger partial charge in [-0.05, 0) is 38.0 Å². The van der Waals surface area contributed by atoms with E-state index in [1.165, 1.54) is 0 Å². The fourth-order valence-corrected chi connectivity index (χ4v) is 3.27. The summed E-state index contributed by atoms with van der Waals surface area (Å²) in [6.45, 7) is 7.54. The lowest BCUT2D eigenvalue weighted by molar-refractivity contribution is -0.144. The van der Waals surface area contributed by atoms with E-state index in [1.807, 2.05) is 4.90 Å². The van der Waals surface area contributed by atoms with Crippen molar-refractivity contribution in [2.45, 2.75) is 32.5 Å². The zero-order valence-corrected chi connectivity index (χ0v) is 15.9. The molecule has 1 aromatic carbocycles. The summed E-state index contributed by atoms with van der Waals surface area (Å²) in [6, 6.07) is 7.26. The highest BCUT2D eigenvalue weighted by molar-refractivity contribution is 5.94. The van der Waals surface area contributed by atoms with Crippen molar-refractivity contribution in [2.24, 2.45) is 0 Å². The lowest BCUT2D eigenvalue weighted by Crippen LogP contribution is -2.37. The molecule has 1 amide bonds. The van der Waals surface area contributed by atoms with Crippen LogP contribution in [0.25, 0.3) is 11.1 Å². The van der Waals surface area contributed by atoms with E-state index in [0.29, 0.717) is 29.3 Å². The predicted molar refractivity (Wildman–Crippen MR) is 99.7 cm³/mol. The molecule has 3 rings (SSSR count). The van der Waals surface area contributed by atoms with Crippen LogP contribution in [0.4, 0.5) is 13.2 Å². The molecule has 0 bridgehead atoms. The first-order valence-corrected chi connectivity index (χ1v) is 9.28. The largest absolute Gasteiger partial charge is 0.451 e. The lowest BCUT2D eigenvalue weighted by Gasteiger charge is -2.25. The molecule has 1 fully saturated rings. The molecule has 5 nitrogen and oxygen atoms in total. The minimum Gasteiger partial charge on any atom is -0.337 e. The van der Waals surface area contributed by atoms with E-state index in [9.17, 15) is 18.0 Å². The monoisotopic (exact) mass is 392 g/mol. The van der Waals surface area contributed by atoms with Gasteiger partial charge in [0.2, 0.25) is 5.82 Å². The lowest BCUT2D eigenvalue weighted by atomic mass is 10.1. The number of halogens is 3. The van der Waals surface area contributed by atoms with Gasteiger partial charge in [0.25, 0.3) is 5.91 Å². The third-order valence-electron chi connectivity index (χ3n) is 4.92. The van der Waals surface area contributed by atoms with E-state index in [2.05, 4.69) is 28.7 Å². The molecule has 0 spiro atoms. The Bertz CT molecular complexity index is 804. The molecule has 28 heavy (non-hydrogen) atoms. The van der Waals surface area contributed by atoms with Crippen LogP contribution in [0.5, 0.6) is 0 Å². The number of carbonyl (C=O) groups excluding carboxylic acids is 1. The highest BCUT2D eigenvalue weighted by Gasteiger charge is 2.34. The van der Waals surface area contributed by atoms with Gasteiger partial charge in [-0.3, -0.25) is 9.69 Å². The third-order valence-corrected chi connectivity index (χ3v) is 4.92. The summed E-state index contributed by atoms with van der Waals surface area (Å²) in [5, 5.41) is 0. The van der Waals surface area contributed by atoms with Crippen LogP contribution in [0, 0.1) is 0 Å². The van der Waals surface area contributed by atoms with Crippen LogP contribution in [-0.4, -0.2) is 57.9 Å². The molecule has 0 aliphatic carbocycles. The van der Waals surface area contributed by atoms with Crippen LogP contribution in [0.15, 0.2) is 36.7 Å². The third kappa shape index (κ3) is 4.67. The quantitative estimate of drug-likeness (QED) is 0.799. The number of carbonyl (C=O) groups is 1. The van der Waals surface area contributed by atoms with Crippen LogP contribution >= 0.6 is 0 Å². The Balaban J connectivity index is 1.69. The second-order valence-corrected chi connectivity index (χ2v) is 7.15. The zero-order valence-electron chi connectivity index (χ0n) is 15.9. The van der Waals surface area contributed by atoms with E-state index in [0.717, 1.165) is 38.4 Å². The maximum atomic E-state index is 12.8. The molecule has 150 valence electrons. The van der Waals surface area contributed by atoms with Gasteiger partial charge < -0.3 is 4.90 Å². The Labute approximate surface area is 162 Å². The molecule has 8 heteroatoms. The van der Waals surface area contributed by atoms with Crippen molar-refractivity contribution in [3.05, 3.63) is 48.0 Å². The van der Waals surface area contributed by atoms with Crippen LogP contribution in [-0.2, 0) is 6.18 Å². The summed E-state index contributed by atoms with van der Waals surface area (Å²) < 4.78 is 37.7. The zero-order chi connectivity index (χ0) is 20.3. The normalized spacial score (nSPS) is 16.3. The molecule has 0 unspecified atom stereocenters. The smallest absolute Gasteiger partial charge is 0.337 e. The number of nitrogens with zero attached hydrogens (tertiary/aromatic N) is 4. The Morgan fingerprint density at radius 1 is 0.964 bits per heavy atom. The molecule has 1 aliphatic heterocycles. The first-order valence-electron chi connectivity index (χ1n) is 9.28. The minimum absolute atomic E-state index is 0.0270. The topological polar surface area (TPSA) is 49.3 Å². The van der Waals surface area contributed by atoms with Crippen molar-refractivity contribution in [3.63, 3.8) is 0 Å². The van der Waals surface area contributed by atoms with Crippen molar-refractivity contribution in [1.29, 1.82) is 0 Å². The number of benzene rings is 1. The van der Waals surface area contributed by atoms with Crippen molar-refractivity contribution >= 4 is 5.91 Å². The molecule has 1 aromatic heterocycles. The van der Waals surface area contributed by atoms with E-state index in [1.54, 1.807) is 24.3 Å². The van der Waals surface area contributed by atoms with Crippen LogP contribution in [0.1, 0.15) is 36.5 Å². The Kier molecular flexibility index (Phi) is 5.98. The fourth-order valence-electron chi connectivity index (χ4n) is 3.27. The summed E-state index contributed by atoms with van der Waals surface area (Å²) >= 11 is 0. The summed E-state index contributed by atoms with van der Waals surface area (Å²) in [4.78, 5) is 23.8. The van der Waals surface area contributed by atoms with E-state index in [4.69, 9.17) is 0 Å². The van der Waals surface area contributed by atoms with Gasteiger partial charge in [0.15, 0.2) is 0 Å². The Morgan fingerprint density at radius 3 is 2.18 bits per heavy atom. The minimum atomic E-state index is -4.56.